The molecule has 3 aromatic rings. The van der Waals surface area contributed by atoms with E-state index in [2.05, 4.69) is 6.08 Å². The summed E-state index contributed by atoms with van der Waals surface area (Å²) in [5.74, 6) is 1.55. The van der Waals surface area contributed by atoms with Crippen LogP contribution in [0.3, 0.4) is 0 Å². The smallest absolute Gasteiger partial charge is 0.261 e. The molecule has 1 aliphatic heterocycles. The lowest BCUT2D eigenvalue weighted by atomic mass is 10.1. The number of allylic oxidation sites excluding steroid dienone is 1. The maximum atomic E-state index is 12.7. The number of fused-ring (bicyclic) bond motifs is 2. The Morgan fingerprint density at radius 2 is 2.12 bits per heavy atom. The van der Waals surface area contributed by atoms with Gasteiger partial charge in [-0.2, -0.15) is 0 Å². The van der Waals surface area contributed by atoms with Crippen molar-refractivity contribution in [2.75, 3.05) is 6.61 Å². The largest absolute Gasteiger partial charge is 0.493 e. The van der Waals surface area contributed by atoms with Gasteiger partial charge in [0.25, 0.3) is 5.56 Å². The summed E-state index contributed by atoms with van der Waals surface area (Å²) in [6.45, 7) is 3.21. The molecule has 0 amide bonds. The molecule has 0 saturated heterocycles. The fourth-order valence-corrected chi connectivity index (χ4v) is 3.37. The Labute approximate surface area is 150 Å². The molecule has 0 aliphatic carbocycles. The maximum absolute atomic E-state index is 12.7. The first-order chi connectivity index (χ1) is 12.2. The van der Waals surface area contributed by atoms with Crippen LogP contribution in [-0.2, 0) is 6.54 Å². The highest BCUT2D eigenvalue weighted by Crippen LogP contribution is 2.30. The number of nitrogens with zero attached hydrogens (tertiary/aromatic N) is 2. The molecule has 0 bridgehead atoms. The van der Waals surface area contributed by atoms with Gasteiger partial charge in [0, 0.05) is 17.1 Å². The lowest BCUT2D eigenvalue weighted by Crippen LogP contribution is -2.20. The van der Waals surface area contributed by atoms with E-state index in [1.54, 1.807) is 22.8 Å². The van der Waals surface area contributed by atoms with Gasteiger partial charge in [-0.15, -0.1) is 0 Å². The number of ether oxygens (including phenoxy) is 1. The Morgan fingerprint density at radius 3 is 2.96 bits per heavy atom. The molecule has 1 aliphatic rings. The predicted molar refractivity (Wildman–Crippen MR) is 101 cm³/mol. The third kappa shape index (κ3) is 2.83. The van der Waals surface area contributed by atoms with Crippen molar-refractivity contribution < 1.29 is 4.74 Å². The Balaban J connectivity index is 1.87. The molecule has 0 spiro atoms. The molecular formula is C20H17ClN2O2. The Hall–Kier alpha value is -2.59. The first-order valence-electron chi connectivity index (χ1n) is 8.30. The predicted octanol–water partition coefficient (Wildman–Crippen LogP) is 4.39. The van der Waals surface area contributed by atoms with Crippen LogP contribution in [-0.4, -0.2) is 16.2 Å². The molecule has 4 nitrogen and oxygen atoms in total. The second-order valence-corrected chi connectivity index (χ2v) is 6.38. The van der Waals surface area contributed by atoms with Crippen molar-refractivity contribution in [1.82, 2.24) is 9.55 Å². The van der Waals surface area contributed by atoms with E-state index < -0.39 is 0 Å². The second-order valence-electron chi connectivity index (χ2n) is 5.94. The highest BCUT2D eigenvalue weighted by molar-refractivity contribution is 6.31. The number of hydrogen-bond acceptors (Lipinski definition) is 3. The van der Waals surface area contributed by atoms with Crippen molar-refractivity contribution >= 4 is 34.2 Å². The van der Waals surface area contributed by atoms with E-state index in [1.165, 1.54) is 0 Å². The molecule has 0 N–H and O–H groups in total. The first kappa shape index (κ1) is 15.9. The van der Waals surface area contributed by atoms with Crippen LogP contribution in [0.5, 0.6) is 5.75 Å². The van der Waals surface area contributed by atoms with Crippen LogP contribution in [0.1, 0.15) is 24.7 Å². The third-order valence-electron chi connectivity index (χ3n) is 4.36. The fraction of sp³-hybridized carbons (Fsp3) is 0.200. The van der Waals surface area contributed by atoms with E-state index in [9.17, 15) is 4.79 Å². The van der Waals surface area contributed by atoms with E-state index in [0.717, 1.165) is 23.3 Å². The van der Waals surface area contributed by atoms with Crippen LogP contribution in [0.15, 0.2) is 47.3 Å². The van der Waals surface area contributed by atoms with Gasteiger partial charge in [-0.05, 0) is 49.3 Å². The zero-order valence-electron chi connectivity index (χ0n) is 13.8. The summed E-state index contributed by atoms with van der Waals surface area (Å²) in [5, 5.41) is 1.18. The minimum atomic E-state index is -0.0156. The van der Waals surface area contributed by atoms with Gasteiger partial charge in [0.2, 0.25) is 0 Å². The van der Waals surface area contributed by atoms with Crippen LogP contribution in [0.4, 0.5) is 0 Å². The van der Waals surface area contributed by atoms with Crippen molar-refractivity contribution in [2.24, 2.45) is 0 Å². The molecule has 4 rings (SSSR count). The summed E-state index contributed by atoms with van der Waals surface area (Å²) < 4.78 is 7.44. The molecule has 0 fully saturated rings. The fourth-order valence-electron chi connectivity index (χ4n) is 3.20. The zero-order chi connectivity index (χ0) is 17.4. The molecule has 25 heavy (non-hydrogen) atoms. The summed E-state index contributed by atoms with van der Waals surface area (Å²) in [6, 6.07) is 13.1. The van der Waals surface area contributed by atoms with Crippen LogP contribution in [0.2, 0.25) is 5.02 Å². The SMILES string of the molecule is CCOc1ccccc1C=C1CCn2c1nc1cc(Cl)ccc1c2=O. The van der Waals surface area contributed by atoms with Gasteiger partial charge < -0.3 is 4.74 Å². The number of aromatic nitrogens is 2. The van der Waals surface area contributed by atoms with Gasteiger partial charge in [0.15, 0.2) is 0 Å². The maximum Gasteiger partial charge on any atom is 0.261 e. The number of halogens is 1. The van der Waals surface area contributed by atoms with Crippen molar-refractivity contribution in [3.8, 4) is 5.75 Å². The molecule has 126 valence electrons. The van der Waals surface area contributed by atoms with Gasteiger partial charge in [0.1, 0.15) is 11.6 Å². The standard InChI is InChI=1S/C20H17ClN2O2/c1-2-25-18-6-4-3-5-13(18)11-14-9-10-23-19(14)22-17-12-15(21)7-8-16(17)20(23)24/h3-8,11-12H,2,9-10H2,1H3. The minimum absolute atomic E-state index is 0.0156. The van der Waals surface area contributed by atoms with Crippen molar-refractivity contribution in [1.29, 1.82) is 0 Å². The quantitative estimate of drug-likeness (QED) is 0.702. The van der Waals surface area contributed by atoms with Gasteiger partial charge in [-0.3, -0.25) is 9.36 Å². The van der Waals surface area contributed by atoms with E-state index in [1.807, 2.05) is 31.2 Å². The molecule has 5 heteroatoms. The van der Waals surface area contributed by atoms with Crippen LogP contribution >= 0.6 is 11.6 Å². The highest BCUT2D eigenvalue weighted by Gasteiger charge is 2.21. The molecule has 0 radical (unpaired) electrons. The molecular weight excluding hydrogens is 336 g/mol. The molecule has 0 unspecified atom stereocenters. The lowest BCUT2D eigenvalue weighted by molar-refractivity contribution is 0.339. The average molecular weight is 353 g/mol. The van der Waals surface area contributed by atoms with Crippen molar-refractivity contribution in [3.05, 3.63) is 69.2 Å². The van der Waals surface area contributed by atoms with Crippen molar-refractivity contribution in [3.63, 3.8) is 0 Å². The second kappa shape index (κ2) is 6.37. The number of benzene rings is 2. The Morgan fingerprint density at radius 1 is 1.28 bits per heavy atom. The van der Waals surface area contributed by atoms with Gasteiger partial charge in [-0.1, -0.05) is 29.8 Å². The highest BCUT2D eigenvalue weighted by atomic mass is 35.5. The summed E-state index contributed by atoms with van der Waals surface area (Å²) >= 11 is 6.06. The van der Waals surface area contributed by atoms with Crippen LogP contribution in [0.25, 0.3) is 22.6 Å². The van der Waals surface area contributed by atoms with Gasteiger partial charge in [0.05, 0.1) is 17.5 Å². The first-order valence-corrected chi connectivity index (χ1v) is 8.68. The van der Waals surface area contributed by atoms with E-state index in [-0.39, 0.29) is 5.56 Å². The monoisotopic (exact) mass is 352 g/mol. The Kier molecular flexibility index (Phi) is 4.06. The topological polar surface area (TPSA) is 44.1 Å². The molecule has 0 saturated carbocycles. The summed E-state index contributed by atoms with van der Waals surface area (Å²) in [5.41, 5.74) is 2.65. The molecule has 2 heterocycles. The number of hydrogen-bond donors (Lipinski definition) is 0. The summed E-state index contributed by atoms with van der Waals surface area (Å²) in [4.78, 5) is 17.4. The van der Waals surface area contributed by atoms with Crippen LogP contribution < -0.4 is 10.3 Å². The summed E-state index contributed by atoms with van der Waals surface area (Å²) in [7, 11) is 0. The summed E-state index contributed by atoms with van der Waals surface area (Å²) in [6.07, 6.45) is 2.83. The lowest BCUT2D eigenvalue weighted by Gasteiger charge is -2.08. The normalized spacial score (nSPS) is 14.9. The number of para-hydroxylation sites is 1. The van der Waals surface area contributed by atoms with E-state index in [4.69, 9.17) is 21.3 Å². The van der Waals surface area contributed by atoms with Crippen molar-refractivity contribution in [2.45, 2.75) is 19.9 Å². The zero-order valence-corrected chi connectivity index (χ0v) is 14.6. The van der Waals surface area contributed by atoms with E-state index in [0.29, 0.717) is 34.9 Å². The Bertz CT molecular complexity index is 1050. The molecule has 1 aromatic heterocycles. The van der Waals surface area contributed by atoms with Gasteiger partial charge in [-0.25, -0.2) is 4.98 Å². The average Bonchev–Trinajstić information content (AvgIpc) is 3.00. The van der Waals surface area contributed by atoms with E-state index >= 15 is 0 Å². The minimum Gasteiger partial charge on any atom is -0.493 e. The van der Waals surface area contributed by atoms with Crippen LogP contribution in [0, 0.1) is 0 Å². The van der Waals surface area contributed by atoms with Gasteiger partial charge >= 0.3 is 0 Å². The number of rotatable bonds is 3. The molecule has 2 aromatic carbocycles. The third-order valence-corrected chi connectivity index (χ3v) is 4.59. The molecule has 0 atom stereocenters.